The molecule has 1 aliphatic rings. The molecule has 2 aromatic carbocycles. The van der Waals surface area contributed by atoms with Crippen molar-refractivity contribution in [1.82, 2.24) is 15.1 Å². The molecule has 0 spiro atoms. The van der Waals surface area contributed by atoms with Crippen LogP contribution in [0.2, 0.25) is 0 Å². The fourth-order valence-electron chi connectivity index (χ4n) is 3.55. The number of thioether (sulfide) groups is 1. The van der Waals surface area contributed by atoms with Gasteiger partial charge in [0.05, 0.1) is 12.8 Å². The number of amides is 2. The standard InChI is InChI=1S/C24H26N4O3S/c1-31-19-10-7-17(8-11-19)9-12-22(29)26-24-20-15-32-16-21(20)27-28(24)14-23(30)25-13-18-5-3-2-4-6-18/h2-8,10-11H,9,12-16H2,1H3,(H,25,30)(H,26,29). The van der Waals surface area contributed by atoms with Gasteiger partial charge in [-0.25, -0.2) is 4.68 Å². The second kappa shape index (κ2) is 10.4. The van der Waals surface area contributed by atoms with E-state index in [0.717, 1.165) is 39.6 Å². The molecule has 3 aromatic rings. The molecular formula is C24H26N4O3S. The van der Waals surface area contributed by atoms with Crippen molar-refractivity contribution in [2.75, 3.05) is 12.4 Å². The number of hydrogen-bond donors (Lipinski definition) is 2. The summed E-state index contributed by atoms with van der Waals surface area (Å²) in [4.78, 5) is 25.2. The largest absolute Gasteiger partial charge is 0.497 e. The lowest BCUT2D eigenvalue weighted by atomic mass is 10.1. The van der Waals surface area contributed by atoms with Crippen molar-refractivity contribution in [1.29, 1.82) is 0 Å². The van der Waals surface area contributed by atoms with Crippen LogP contribution < -0.4 is 15.4 Å². The third-order valence-corrected chi connectivity index (χ3v) is 6.27. The summed E-state index contributed by atoms with van der Waals surface area (Å²) in [7, 11) is 1.63. The molecule has 0 saturated heterocycles. The van der Waals surface area contributed by atoms with E-state index in [1.54, 1.807) is 23.6 Å². The van der Waals surface area contributed by atoms with Crippen LogP contribution in [0.15, 0.2) is 54.6 Å². The van der Waals surface area contributed by atoms with Crippen LogP contribution in [0.1, 0.15) is 28.8 Å². The summed E-state index contributed by atoms with van der Waals surface area (Å²) in [6.45, 7) is 0.526. The van der Waals surface area contributed by atoms with Gasteiger partial charge in [-0.3, -0.25) is 9.59 Å². The van der Waals surface area contributed by atoms with Crippen molar-refractivity contribution in [3.8, 4) is 5.75 Å². The molecule has 0 fully saturated rings. The van der Waals surface area contributed by atoms with E-state index in [4.69, 9.17) is 4.74 Å². The number of nitrogens with zero attached hydrogens (tertiary/aromatic N) is 2. The van der Waals surface area contributed by atoms with Crippen LogP contribution in [-0.2, 0) is 40.6 Å². The number of fused-ring (bicyclic) bond motifs is 1. The van der Waals surface area contributed by atoms with Gasteiger partial charge in [-0.2, -0.15) is 16.9 Å². The zero-order valence-electron chi connectivity index (χ0n) is 18.0. The van der Waals surface area contributed by atoms with E-state index in [1.807, 2.05) is 54.6 Å². The van der Waals surface area contributed by atoms with Gasteiger partial charge in [0.25, 0.3) is 0 Å². The van der Waals surface area contributed by atoms with Gasteiger partial charge in [0, 0.05) is 30.0 Å². The molecule has 0 radical (unpaired) electrons. The first-order valence-corrected chi connectivity index (χ1v) is 11.7. The van der Waals surface area contributed by atoms with Crippen LogP contribution in [0.3, 0.4) is 0 Å². The number of carbonyl (C=O) groups is 2. The summed E-state index contributed by atoms with van der Waals surface area (Å²) in [5.41, 5.74) is 4.06. The topological polar surface area (TPSA) is 85.2 Å². The second-order valence-electron chi connectivity index (χ2n) is 7.58. The summed E-state index contributed by atoms with van der Waals surface area (Å²) >= 11 is 1.76. The number of aromatic nitrogens is 2. The summed E-state index contributed by atoms with van der Waals surface area (Å²) in [6.07, 6.45) is 0.970. The number of rotatable bonds is 9. The number of aryl methyl sites for hydroxylation is 1. The number of hydrogen-bond acceptors (Lipinski definition) is 5. The second-order valence-corrected chi connectivity index (χ2v) is 8.57. The van der Waals surface area contributed by atoms with Crippen molar-refractivity contribution < 1.29 is 14.3 Å². The Morgan fingerprint density at radius 2 is 1.81 bits per heavy atom. The van der Waals surface area contributed by atoms with Crippen molar-refractivity contribution in [2.24, 2.45) is 0 Å². The first-order chi connectivity index (χ1) is 15.6. The maximum atomic E-state index is 12.7. The van der Waals surface area contributed by atoms with Gasteiger partial charge in [0.1, 0.15) is 18.1 Å². The Balaban J connectivity index is 1.37. The van der Waals surface area contributed by atoms with E-state index in [1.165, 1.54) is 0 Å². The Morgan fingerprint density at radius 3 is 2.56 bits per heavy atom. The Hall–Kier alpha value is -3.26. The van der Waals surface area contributed by atoms with Crippen molar-refractivity contribution in [3.63, 3.8) is 0 Å². The Kier molecular flexibility index (Phi) is 7.11. The van der Waals surface area contributed by atoms with Gasteiger partial charge in [-0.15, -0.1) is 0 Å². The molecule has 1 aliphatic heterocycles. The molecule has 2 heterocycles. The predicted molar refractivity (Wildman–Crippen MR) is 125 cm³/mol. The first-order valence-electron chi connectivity index (χ1n) is 10.5. The number of benzene rings is 2. The summed E-state index contributed by atoms with van der Waals surface area (Å²) in [5, 5.41) is 10.5. The highest BCUT2D eigenvalue weighted by molar-refractivity contribution is 7.98. The van der Waals surface area contributed by atoms with Crippen LogP contribution >= 0.6 is 11.8 Å². The number of ether oxygens (including phenoxy) is 1. The zero-order chi connectivity index (χ0) is 22.3. The molecular weight excluding hydrogens is 424 g/mol. The number of nitrogens with one attached hydrogen (secondary N) is 2. The van der Waals surface area contributed by atoms with Crippen LogP contribution in [0.4, 0.5) is 5.82 Å². The van der Waals surface area contributed by atoms with Crippen LogP contribution in [0, 0.1) is 0 Å². The van der Waals surface area contributed by atoms with E-state index >= 15 is 0 Å². The molecule has 0 saturated carbocycles. The molecule has 0 atom stereocenters. The number of carbonyl (C=O) groups excluding carboxylic acids is 2. The molecule has 2 N–H and O–H groups in total. The minimum absolute atomic E-state index is 0.0680. The highest BCUT2D eigenvalue weighted by atomic mass is 32.2. The van der Waals surface area contributed by atoms with E-state index in [-0.39, 0.29) is 18.4 Å². The van der Waals surface area contributed by atoms with Gasteiger partial charge in [-0.1, -0.05) is 42.5 Å². The molecule has 166 valence electrons. The molecule has 2 amide bonds. The van der Waals surface area contributed by atoms with Crippen molar-refractivity contribution >= 4 is 29.4 Å². The average Bonchev–Trinajstić information content (AvgIpc) is 3.40. The first kappa shape index (κ1) is 22.0. The Bertz CT molecular complexity index is 1080. The van der Waals surface area contributed by atoms with Crippen molar-refractivity contribution in [2.45, 2.75) is 37.4 Å². The monoisotopic (exact) mass is 450 g/mol. The molecule has 0 unspecified atom stereocenters. The lowest BCUT2D eigenvalue weighted by Crippen LogP contribution is -2.28. The molecule has 0 aliphatic carbocycles. The van der Waals surface area contributed by atoms with E-state index < -0.39 is 0 Å². The van der Waals surface area contributed by atoms with Crippen molar-refractivity contribution in [3.05, 3.63) is 77.0 Å². The van der Waals surface area contributed by atoms with E-state index in [9.17, 15) is 9.59 Å². The third kappa shape index (κ3) is 5.50. The van der Waals surface area contributed by atoms with Crippen LogP contribution in [0.5, 0.6) is 5.75 Å². The fraction of sp³-hybridized carbons (Fsp3) is 0.292. The van der Waals surface area contributed by atoms with Crippen LogP contribution in [-0.4, -0.2) is 28.7 Å². The zero-order valence-corrected chi connectivity index (χ0v) is 18.8. The highest BCUT2D eigenvalue weighted by Crippen LogP contribution is 2.34. The quantitative estimate of drug-likeness (QED) is 0.521. The lowest BCUT2D eigenvalue weighted by Gasteiger charge is -2.12. The average molecular weight is 451 g/mol. The van der Waals surface area contributed by atoms with Gasteiger partial charge in [0.2, 0.25) is 11.8 Å². The molecule has 7 nitrogen and oxygen atoms in total. The van der Waals surface area contributed by atoms with E-state index in [2.05, 4.69) is 15.7 Å². The molecule has 1 aromatic heterocycles. The number of anilines is 1. The summed E-state index contributed by atoms with van der Waals surface area (Å²) < 4.78 is 6.79. The highest BCUT2D eigenvalue weighted by Gasteiger charge is 2.24. The maximum absolute atomic E-state index is 12.7. The normalized spacial score (nSPS) is 12.3. The third-order valence-electron chi connectivity index (χ3n) is 5.30. The summed E-state index contributed by atoms with van der Waals surface area (Å²) in [5.74, 6) is 2.78. The van der Waals surface area contributed by atoms with Gasteiger partial charge in [-0.05, 0) is 29.7 Å². The fourth-order valence-corrected chi connectivity index (χ4v) is 4.59. The molecule has 8 heteroatoms. The van der Waals surface area contributed by atoms with Crippen LogP contribution in [0.25, 0.3) is 0 Å². The molecule has 4 rings (SSSR count). The van der Waals surface area contributed by atoms with Gasteiger partial charge in [0.15, 0.2) is 0 Å². The lowest BCUT2D eigenvalue weighted by molar-refractivity contribution is -0.122. The Morgan fingerprint density at radius 1 is 1.03 bits per heavy atom. The van der Waals surface area contributed by atoms with Gasteiger partial charge < -0.3 is 15.4 Å². The Labute approximate surface area is 191 Å². The minimum atomic E-state index is -0.142. The smallest absolute Gasteiger partial charge is 0.242 e. The number of methoxy groups -OCH3 is 1. The molecule has 32 heavy (non-hydrogen) atoms. The maximum Gasteiger partial charge on any atom is 0.242 e. The minimum Gasteiger partial charge on any atom is -0.497 e. The van der Waals surface area contributed by atoms with Gasteiger partial charge >= 0.3 is 0 Å². The predicted octanol–water partition coefficient (Wildman–Crippen LogP) is 3.53. The SMILES string of the molecule is COc1ccc(CCC(=O)Nc2c3c(nn2CC(=O)NCc2ccccc2)CSC3)cc1. The molecule has 0 bridgehead atoms. The summed E-state index contributed by atoms with van der Waals surface area (Å²) in [6, 6.07) is 17.5. The van der Waals surface area contributed by atoms with E-state index in [0.29, 0.717) is 25.2 Å².